The van der Waals surface area contributed by atoms with Gasteiger partial charge >= 0.3 is 6.18 Å². The molecule has 8 heteroatoms. The van der Waals surface area contributed by atoms with E-state index >= 15 is 0 Å². The van der Waals surface area contributed by atoms with Gasteiger partial charge in [0.15, 0.2) is 5.16 Å². The highest BCUT2D eigenvalue weighted by molar-refractivity contribution is 7.98. The topological polar surface area (TPSA) is 43.6 Å². The van der Waals surface area contributed by atoms with E-state index in [9.17, 15) is 13.2 Å². The Kier molecular flexibility index (Phi) is 3.88. The third-order valence-corrected chi connectivity index (χ3v) is 4.31. The van der Waals surface area contributed by atoms with E-state index in [2.05, 4.69) is 15.1 Å². The molecule has 0 atom stereocenters. The van der Waals surface area contributed by atoms with Crippen molar-refractivity contribution in [3.05, 3.63) is 23.7 Å². The van der Waals surface area contributed by atoms with Crippen LogP contribution >= 0.6 is 11.8 Å². The highest BCUT2D eigenvalue weighted by Crippen LogP contribution is 2.40. The summed E-state index contributed by atoms with van der Waals surface area (Å²) in [6.07, 6.45) is 2.57. The van der Waals surface area contributed by atoms with Crippen molar-refractivity contribution in [2.45, 2.75) is 30.6 Å². The molecule has 2 aromatic heterocycles. The first kappa shape index (κ1) is 15.3. The molecule has 0 spiro atoms. The Hall–Kier alpha value is -1.57. The Morgan fingerprint density at radius 1 is 1.32 bits per heavy atom. The molecule has 0 radical (unpaired) electrons. The normalized spacial score (nSPS) is 15.3. The predicted octanol–water partition coefficient (Wildman–Crippen LogP) is 3.57. The SMILES string of the molecule is CSc1ncc(C(F)(F)F)c(-c2cnn(C)c2CC2CC2)n1. The number of halogens is 3. The van der Waals surface area contributed by atoms with Crippen LogP contribution in [0.5, 0.6) is 0 Å². The van der Waals surface area contributed by atoms with Crippen molar-refractivity contribution >= 4 is 11.8 Å². The Morgan fingerprint density at radius 2 is 2.05 bits per heavy atom. The zero-order valence-electron chi connectivity index (χ0n) is 12.2. The molecule has 22 heavy (non-hydrogen) atoms. The molecule has 2 heterocycles. The monoisotopic (exact) mass is 328 g/mol. The van der Waals surface area contributed by atoms with E-state index in [-0.39, 0.29) is 5.69 Å². The quantitative estimate of drug-likeness (QED) is 0.636. The lowest BCUT2D eigenvalue weighted by molar-refractivity contribution is -0.137. The summed E-state index contributed by atoms with van der Waals surface area (Å²) in [5, 5.41) is 4.46. The molecule has 2 aromatic rings. The fourth-order valence-electron chi connectivity index (χ4n) is 2.37. The summed E-state index contributed by atoms with van der Waals surface area (Å²) in [6, 6.07) is 0. The smallest absolute Gasteiger partial charge is 0.272 e. The first-order valence-electron chi connectivity index (χ1n) is 6.89. The maximum atomic E-state index is 13.3. The standard InChI is InChI=1S/C14H15F3N4S/c1-21-11(5-8-3-4-8)9(6-19-21)12-10(14(15,16)17)7-18-13(20-12)22-2/h6-8H,3-5H2,1-2H3. The number of aryl methyl sites for hydroxylation is 1. The molecule has 1 aliphatic carbocycles. The Labute approximate surface area is 130 Å². The number of aromatic nitrogens is 4. The van der Waals surface area contributed by atoms with E-state index in [1.54, 1.807) is 18.0 Å². The number of nitrogens with zero attached hydrogens (tertiary/aromatic N) is 4. The van der Waals surface area contributed by atoms with Crippen LogP contribution in [-0.2, 0) is 19.6 Å². The summed E-state index contributed by atoms with van der Waals surface area (Å²) in [5.74, 6) is 0.547. The van der Waals surface area contributed by atoms with E-state index in [4.69, 9.17) is 0 Å². The van der Waals surface area contributed by atoms with Gasteiger partial charge in [0, 0.05) is 24.5 Å². The van der Waals surface area contributed by atoms with E-state index in [0.717, 1.165) is 31.2 Å². The van der Waals surface area contributed by atoms with Gasteiger partial charge in [-0.3, -0.25) is 4.68 Å². The zero-order chi connectivity index (χ0) is 15.9. The minimum Gasteiger partial charge on any atom is -0.272 e. The fraction of sp³-hybridized carbons (Fsp3) is 0.500. The van der Waals surface area contributed by atoms with Crippen LogP contribution in [0.1, 0.15) is 24.1 Å². The van der Waals surface area contributed by atoms with Crippen molar-refractivity contribution in [3.63, 3.8) is 0 Å². The maximum Gasteiger partial charge on any atom is 0.419 e. The van der Waals surface area contributed by atoms with Crippen LogP contribution in [-0.4, -0.2) is 26.0 Å². The summed E-state index contributed by atoms with van der Waals surface area (Å²) in [4.78, 5) is 7.87. The van der Waals surface area contributed by atoms with E-state index < -0.39 is 11.7 Å². The molecule has 0 saturated heterocycles. The van der Waals surface area contributed by atoms with Crippen LogP contribution in [0.15, 0.2) is 17.6 Å². The molecule has 0 aliphatic heterocycles. The Balaban J connectivity index is 2.13. The summed E-state index contributed by atoms with van der Waals surface area (Å²) in [7, 11) is 1.76. The molecule has 3 rings (SSSR count). The second-order valence-electron chi connectivity index (χ2n) is 5.39. The molecule has 0 N–H and O–H groups in total. The molecule has 1 aliphatic rings. The van der Waals surface area contributed by atoms with Gasteiger partial charge < -0.3 is 0 Å². The number of thioether (sulfide) groups is 1. The Bertz CT molecular complexity index is 692. The first-order valence-corrected chi connectivity index (χ1v) is 8.12. The van der Waals surface area contributed by atoms with Crippen molar-refractivity contribution in [1.29, 1.82) is 0 Å². The molecular formula is C14H15F3N4S. The summed E-state index contributed by atoms with van der Waals surface area (Å²) >= 11 is 1.22. The molecule has 118 valence electrons. The van der Waals surface area contributed by atoms with Crippen LogP contribution in [0.25, 0.3) is 11.3 Å². The third kappa shape index (κ3) is 2.97. The molecule has 0 unspecified atom stereocenters. The predicted molar refractivity (Wildman–Crippen MR) is 77.4 cm³/mol. The van der Waals surface area contributed by atoms with Gasteiger partial charge in [0.25, 0.3) is 0 Å². The number of alkyl halides is 3. The van der Waals surface area contributed by atoms with Gasteiger partial charge in [0.2, 0.25) is 0 Å². The second kappa shape index (κ2) is 5.57. The van der Waals surface area contributed by atoms with Gasteiger partial charge in [-0.2, -0.15) is 18.3 Å². The van der Waals surface area contributed by atoms with Crippen LogP contribution < -0.4 is 0 Å². The summed E-state index contributed by atoms with van der Waals surface area (Å²) < 4.78 is 41.5. The Morgan fingerprint density at radius 3 is 2.64 bits per heavy atom. The van der Waals surface area contributed by atoms with Crippen molar-refractivity contribution < 1.29 is 13.2 Å². The number of hydrogen-bond acceptors (Lipinski definition) is 4. The number of hydrogen-bond donors (Lipinski definition) is 0. The zero-order valence-corrected chi connectivity index (χ0v) is 13.0. The summed E-state index contributed by atoms with van der Waals surface area (Å²) in [5.41, 5.74) is 0.379. The van der Waals surface area contributed by atoms with Crippen LogP contribution in [0.3, 0.4) is 0 Å². The molecule has 0 amide bonds. The molecule has 4 nitrogen and oxygen atoms in total. The average molecular weight is 328 g/mol. The van der Waals surface area contributed by atoms with Gasteiger partial charge in [-0.1, -0.05) is 11.8 Å². The van der Waals surface area contributed by atoms with Crippen molar-refractivity contribution in [2.75, 3.05) is 6.26 Å². The van der Waals surface area contributed by atoms with Gasteiger partial charge in [0.1, 0.15) is 5.56 Å². The summed E-state index contributed by atoms with van der Waals surface area (Å²) in [6.45, 7) is 0. The van der Waals surface area contributed by atoms with Crippen molar-refractivity contribution in [2.24, 2.45) is 13.0 Å². The maximum absolute atomic E-state index is 13.3. The van der Waals surface area contributed by atoms with Gasteiger partial charge in [0.05, 0.1) is 11.9 Å². The molecule has 1 saturated carbocycles. The molecule has 0 bridgehead atoms. The van der Waals surface area contributed by atoms with Gasteiger partial charge in [-0.05, 0) is 31.4 Å². The highest BCUT2D eigenvalue weighted by Gasteiger charge is 2.37. The molecule has 0 aromatic carbocycles. The van der Waals surface area contributed by atoms with Crippen LogP contribution in [0, 0.1) is 5.92 Å². The minimum atomic E-state index is -4.49. The second-order valence-corrected chi connectivity index (χ2v) is 6.17. The van der Waals surface area contributed by atoms with Crippen molar-refractivity contribution in [3.8, 4) is 11.3 Å². The molecule has 1 fully saturated rings. The van der Waals surface area contributed by atoms with Gasteiger partial charge in [-0.15, -0.1) is 0 Å². The molecular weight excluding hydrogens is 313 g/mol. The lowest BCUT2D eigenvalue weighted by atomic mass is 10.0. The lowest BCUT2D eigenvalue weighted by Crippen LogP contribution is -2.11. The highest BCUT2D eigenvalue weighted by atomic mass is 32.2. The minimum absolute atomic E-state index is 0.0735. The van der Waals surface area contributed by atoms with E-state index in [0.29, 0.717) is 16.6 Å². The third-order valence-electron chi connectivity index (χ3n) is 3.75. The first-order chi connectivity index (χ1) is 10.4. The van der Waals surface area contributed by atoms with Crippen LogP contribution in [0.4, 0.5) is 13.2 Å². The fourth-order valence-corrected chi connectivity index (χ4v) is 2.72. The van der Waals surface area contributed by atoms with Crippen LogP contribution in [0.2, 0.25) is 0 Å². The van der Waals surface area contributed by atoms with E-state index in [1.165, 1.54) is 18.0 Å². The average Bonchev–Trinajstić information content (AvgIpc) is 3.21. The lowest BCUT2D eigenvalue weighted by Gasteiger charge is -2.13. The van der Waals surface area contributed by atoms with Crippen molar-refractivity contribution in [1.82, 2.24) is 19.7 Å². The van der Waals surface area contributed by atoms with Gasteiger partial charge in [-0.25, -0.2) is 9.97 Å². The van der Waals surface area contributed by atoms with E-state index in [1.807, 2.05) is 0 Å². The largest absolute Gasteiger partial charge is 0.419 e. The number of rotatable bonds is 4.